The molecule has 4 heteroatoms. The number of hydrogen-bond acceptors (Lipinski definition) is 2. The van der Waals surface area contributed by atoms with Crippen molar-refractivity contribution in [3.8, 4) is 0 Å². The minimum Gasteiger partial charge on any atom is -0.481 e. The standard InChI is InChI=1S/C9H12N2O2/c1-11-4-7(10-5-11)8(9(12)13)6-2-3-6/h4-6,8H,2-3H2,1H3,(H,12,13). The highest BCUT2D eigenvalue weighted by atomic mass is 16.4. The normalized spacial score (nSPS) is 18.5. The van der Waals surface area contributed by atoms with Crippen molar-refractivity contribution in [3.63, 3.8) is 0 Å². The maximum Gasteiger partial charge on any atom is 0.312 e. The molecule has 0 spiro atoms. The summed E-state index contributed by atoms with van der Waals surface area (Å²) in [5.41, 5.74) is 0.692. The molecule has 13 heavy (non-hydrogen) atoms. The summed E-state index contributed by atoms with van der Waals surface area (Å²) < 4.78 is 1.79. The molecular weight excluding hydrogens is 168 g/mol. The SMILES string of the molecule is Cn1cnc(C(C(=O)O)C2CC2)c1. The van der Waals surface area contributed by atoms with E-state index in [-0.39, 0.29) is 5.92 Å². The molecule has 1 unspecified atom stereocenters. The Labute approximate surface area is 76.2 Å². The molecule has 4 nitrogen and oxygen atoms in total. The van der Waals surface area contributed by atoms with Gasteiger partial charge < -0.3 is 9.67 Å². The van der Waals surface area contributed by atoms with Gasteiger partial charge in [0.1, 0.15) is 5.92 Å². The highest BCUT2D eigenvalue weighted by molar-refractivity contribution is 5.76. The molecule has 0 radical (unpaired) electrons. The van der Waals surface area contributed by atoms with E-state index in [4.69, 9.17) is 5.11 Å². The van der Waals surface area contributed by atoms with Crippen molar-refractivity contribution in [3.05, 3.63) is 18.2 Å². The number of carbonyl (C=O) groups is 1. The second-order valence-electron chi connectivity index (χ2n) is 3.62. The molecule has 0 aromatic carbocycles. The quantitative estimate of drug-likeness (QED) is 0.754. The summed E-state index contributed by atoms with van der Waals surface area (Å²) in [4.78, 5) is 15.0. The molecule has 0 amide bonds. The second-order valence-corrected chi connectivity index (χ2v) is 3.62. The van der Waals surface area contributed by atoms with E-state index in [0.717, 1.165) is 12.8 Å². The van der Waals surface area contributed by atoms with Gasteiger partial charge in [-0.2, -0.15) is 0 Å². The largest absolute Gasteiger partial charge is 0.481 e. The first kappa shape index (κ1) is 8.29. The Kier molecular flexibility index (Phi) is 1.83. The molecule has 0 saturated heterocycles. The number of nitrogens with zero attached hydrogens (tertiary/aromatic N) is 2. The molecule has 1 saturated carbocycles. The first-order chi connectivity index (χ1) is 6.18. The summed E-state index contributed by atoms with van der Waals surface area (Å²) in [6.45, 7) is 0. The lowest BCUT2D eigenvalue weighted by Crippen LogP contribution is -2.13. The highest BCUT2D eigenvalue weighted by Crippen LogP contribution is 2.42. The van der Waals surface area contributed by atoms with Gasteiger partial charge in [0.15, 0.2) is 0 Å². The summed E-state index contributed by atoms with van der Waals surface area (Å²) >= 11 is 0. The van der Waals surface area contributed by atoms with Crippen molar-refractivity contribution in [2.45, 2.75) is 18.8 Å². The van der Waals surface area contributed by atoms with Crippen LogP contribution in [0.1, 0.15) is 24.5 Å². The van der Waals surface area contributed by atoms with Gasteiger partial charge >= 0.3 is 5.97 Å². The molecule has 70 valence electrons. The fourth-order valence-corrected chi connectivity index (χ4v) is 1.59. The van der Waals surface area contributed by atoms with Crippen LogP contribution in [-0.2, 0) is 11.8 Å². The molecule has 1 atom stereocenters. The molecular formula is C9H12N2O2. The van der Waals surface area contributed by atoms with Gasteiger partial charge in [-0.15, -0.1) is 0 Å². The van der Waals surface area contributed by atoms with E-state index in [9.17, 15) is 4.79 Å². The first-order valence-corrected chi connectivity index (χ1v) is 4.39. The van der Waals surface area contributed by atoms with Crippen molar-refractivity contribution < 1.29 is 9.90 Å². The molecule has 1 aliphatic rings. The molecule has 0 bridgehead atoms. The van der Waals surface area contributed by atoms with Crippen LogP contribution in [0.4, 0.5) is 0 Å². The Balaban J connectivity index is 2.24. The summed E-state index contributed by atoms with van der Waals surface area (Å²) in [6.07, 6.45) is 5.48. The van der Waals surface area contributed by atoms with Crippen LogP contribution in [0.2, 0.25) is 0 Å². The Morgan fingerprint density at radius 2 is 2.46 bits per heavy atom. The predicted octanol–water partition coefficient (Wildman–Crippen LogP) is 0.998. The number of carboxylic acid groups (broad SMARTS) is 1. The zero-order chi connectivity index (χ0) is 9.42. The van der Waals surface area contributed by atoms with Gasteiger partial charge in [-0.05, 0) is 18.8 Å². The molecule has 2 rings (SSSR count). The van der Waals surface area contributed by atoms with E-state index < -0.39 is 5.97 Å². The van der Waals surface area contributed by atoms with Crippen LogP contribution in [-0.4, -0.2) is 20.6 Å². The molecule has 1 aliphatic carbocycles. The van der Waals surface area contributed by atoms with Gasteiger partial charge in [0.2, 0.25) is 0 Å². The minimum atomic E-state index is -0.749. The van der Waals surface area contributed by atoms with E-state index in [1.54, 1.807) is 17.1 Å². The molecule has 1 heterocycles. The summed E-state index contributed by atoms with van der Waals surface area (Å²) in [6, 6.07) is 0. The molecule has 1 aromatic rings. The number of rotatable bonds is 3. The summed E-state index contributed by atoms with van der Waals surface area (Å²) in [5.74, 6) is -0.824. The minimum absolute atomic E-state index is 0.312. The molecule has 1 N–H and O–H groups in total. The van der Waals surface area contributed by atoms with E-state index in [1.807, 2.05) is 7.05 Å². The average Bonchev–Trinajstić information content (AvgIpc) is 2.76. The van der Waals surface area contributed by atoms with Gasteiger partial charge in [-0.1, -0.05) is 0 Å². The van der Waals surface area contributed by atoms with Gasteiger partial charge in [-0.3, -0.25) is 4.79 Å². The van der Waals surface area contributed by atoms with Crippen molar-refractivity contribution in [1.82, 2.24) is 9.55 Å². The van der Waals surface area contributed by atoms with Crippen molar-refractivity contribution in [1.29, 1.82) is 0 Å². The van der Waals surface area contributed by atoms with Gasteiger partial charge in [0.25, 0.3) is 0 Å². The lowest BCUT2D eigenvalue weighted by molar-refractivity contribution is -0.139. The number of aromatic nitrogens is 2. The monoisotopic (exact) mass is 180 g/mol. The Bertz CT molecular complexity index is 328. The number of carboxylic acids is 1. The molecule has 0 aliphatic heterocycles. The molecule has 1 aromatic heterocycles. The third-order valence-electron chi connectivity index (χ3n) is 2.40. The van der Waals surface area contributed by atoms with Crippen molar-refractivity contribution >= 4 is 5.97 Å². The van der Waals surface area contributed by atoms with Crippen LogP contribution < -0.4 is 0 Å². The summed E-state index contributed by atoms with van der Waals surface area (Å²) in [5, 5.41) is 9.00. The Morgan fingerprint density at radius 3 is 2.85 bits per heavy atom. The fraction of sp³-hybridized carbons (Fsp3) is 0.556. The fourth-order valence-electron chi connectivity index (χ4n) is 1.59. The maximum absolute atomic E-state index is 10.9. The van der Waals surface area contributed by atoms with Crippen LogP contribution in [0.3, 0.4) is 0 Å². The smallest absolute Gasteiger partial charge is 0.312 e. The van der Waals surface area contributed by atoms with Crippen LogP contribution in [0.25, 0.3) is 0 Å². The predicted molar refractivity (Wildman–Crippen MR) is 46.3 cm³/mol. The highest BCUT2D eigenvalue weighted by Gasteiger charge is 2.38. The van der Waals surface area contributed by atoms with E-state index >= 15 is 0 Å². The van der Waals surface area contributed by atoms with E-state index in [1.165, 1.54) is 0 Å². The summed E-state index contributed by atoms with van der Waals surface area (Å²) in [7, 11) is 1.85. The van der Waals surface area contributed by atoms with Crippen molar-refractivity contribution in [2.75, 3.05) is 0 Å². The lowest BCUT2D eigenvalue weighted by Gasteiger charge is -2.06. The zero-order valence-electron chi connectivity index (χ0n) is 7.47. The first-order valence-electron chi connectivity index (χ1n) is 4.39. The molecule has 1 fully saturated rings. The number of aryl methyl sites for hydroxylation is 1. The number of imidazole rings is 1. The van der Waals surface area contributed by atoms with Crippen LogP contribution in [0, 0.1) is 5.92 Å². The zero-order valence-corrected chi connectivity index (χ0v) is 7.47. The van der Waals surface area contributed by atoms with Crippen LogP contribution >= 0.6 is 0 Å². The van der Waals surface area contributed by atoms with Crippen LogP contribution in [0.15, 0.2) is 12.5 Å². The van der Waals surface area contributed by atoms with E-state index in [2.05, 4.69) is 4.98 Å². The lowest BCUT2D eigenvalue weighted by atomic mass is 10.0. The number of aliphatic carboxylic acids is 1. The third-order valence-corrected chi connectivity index (χ3v) is 2.40. The van der Waals surface area contributed by atoms with Crippen LogP contribution in [0.5, 0.6) is 0 Å². The topological polar surface area (TPSA) is 55.1 Å². The maximum atomic E-state index is 10.9. The Hall–Kier alpha value is -1.32. The Morgan fingerprint density at radius 1 is 1.77 bits per heavy atom. The van der Waals surface area contributed by atoms with Gasteiger partial charge in [0.05, 0.1) is 12.0 Å². The van der Waals surface area contributed by atoms with Crippen molar-refractivity contribution in [2.24, 2.45) is 13.0 Å². The average molecular weight is 180 g/mol. The third kappa shape index (κ3) is 1.56. The number of hydrogen-bond donors (Lipinski definition) is 1. The van der Waals surface area contributed by atoms with Gasteiger partial charge in [0, 0.05) is 13.2 Å². The second kappa shape index (κ2) is 2.87. The van der Waals surface area contributed by atoms with Gasteiger partial charge in [-0.25, -0.2) is 4.98 Å². The van der Waals surface area contributed by atoms with E-state index in [0.29, 0.717) is 11.6 Å².